The molecule has 0 aliphatic heterocycles. The second kappa shape index (κ2) is 4.94. The van der Waals surface area contributed by atoms with Gasteiger partial charge in [0.25, 0.3) is 5.69 Å². The monoisotopic (exact) mass is 296 g/mol. The minimum Gasteiger partial charge on any atom is -0.436 e. The molecule has 112 valence electrons. The molecule has 0 aliphatic rings. The zero-order valence-corrected chi connectivity index (χ0v) is 12.7. The van der Waals surface area contributed by atoms with Gasteiger partial charge in [0, 0.05) is 17.7 Å². The van der Waals surface area contributed by atoms with E-state index in [1.807, 2.05) is 24.3 Å². The van der Waals surface area contributed by atoms with Crippen LogP contribution in [-0.4, -0.2) is 9.91 Å². The number of hydrogen-bond acceptors (Lipinski definition) is 4. The summed E-state index contributed by atoms with van der Waals surface area (Å²) in [5.41, 5.74) is 3.20. The smallest absolute Gasteiger partial charge is 0.271 e. The van der Waals surface area contributed by atoms with Gasteiger partial charge in [-0.15, -0.1) is 0 Å². The largest absolute Gasteiger partial charge is 0.436 e. The minimum atomic E-state index is -0.439. The molecule has 0 fully saturated rings. The van der Waals surface area contributed by atoms with Crippen molar-refractivity contribution in [2.75, 3.05) is 0 Å². The topological polar surface area (TPSA) is 69.2 Å². The molecule has 22 heavy (non-hydrogen) atoms. The SMILES string of the molecule is CC(C)(C)c1ccc(-c2nc3cc([N+](=O)[O-])ccc3o2)cc1. The van der Waals surface area contributed by atoms with Crippen LogP contribution in [0.1, 0.15) is 26.3 Å². The summed E-state index contributed by atoms with van der Waals surface area (Å²) in [4.78, 5) is 14.7. The zero-order chi connectivity index (χ0) is 15.9. The Morgan fingerprint density at radius 1 is 1.09 bits per heavy atom. The van der Waals surface area contributed by atoms with Crippen molar-refractivity contribution in [3.8, 4) is 11.5 Å². The predicted molar refractivity (Wildman–Crippen MR) is 84.8 cm³/mol. The fourth-order valence-electron chi connectivity index (χ4n) is 2.27. The van der Waals surface area contributed by atoms with Crippen LogP contribution < -0.4 is 0 Å². The van der Waals surface area contributed by atoms with Gasteiger partial charge in [0.05, 0.1) is 4.92 Å². The first kappa shape index (κ1) is 14.3. The standard InChI is InChI=1S/C17H16N2O3/c1-17(2,3)12-6-4-11(5-7-12)16-18-14-10-13(19(20)21)8-9-15(14)22-16/h4-10H,1-3H3. The van der Waals surface area contributed by atoms with E-state index in [-0.39, 0.29) is 11.1 Å². The van der Waals surface area contributed by atoms with Gasteiger partial charge in [-0.3, -0.25) is 10.1 Å². The number of non-ortho nitro benzene ring substituents is 1. The lowest BCUT2D eigenvalue weighted by molar-refractivity contribution is -0.384. The van der Waals surface area contributed by atoms with Crippen molar-refractivity contribution < 1.29 is 9.34 Å². The first-order valence-electron chi connectivity index (χ1n) is 7.00. The lowest BCUT2D eigenvalue weighted by atomic mass is 9.87. The molecule has 0 aliphatic carbocycles. The number of aromatic nitrogens is 1. The van der Waals surface area contributed by atoms with E-state index >= 15 is 0 Å². The lowest BCUT2D eigenvalue weighted by Crippen LogP contribution is -2.10. The molecule has 3 rings (SSSR count). The van der Waals surface area contributed by atoms with Crippen molar-refractivity contribution in [3.05, 3.63) is 58.1 Å². The van der Waals surface area contributed by atoms with Gasteiger partial charge >= 0.3 is 0 Å². The Kier molecular flexibility index (Phi) is 3.20. The predicted octanol–water partition coefficient (Wildman–Crippen LogP) is 4.70. The fourth-order valence-corrected chi connectivity index (χ4v) is 2.27. The Balaban J connectivity index is 2.01. The maximum atomic E-state index is 10.8. The molecule has 0 saturated heterocycles. The van der Waals surface area contributed by atoms with Gasteiger partial charge in [-0.1, -0.05) is 32.9 Å². The van der Waals surface area contributed by atoms with E-state index in [0.29, 0.717) is 17.0 Å². The maximum absolute atomic E-state index is 10.8. The normalized spacial score (nSPS) is 11.8. The molecule has 0 atom stereocenters. The lowest BCUT2D eigenvalue weighted by Gasteiger charge is -2.18. The summed E-state index contributed by atoms with van der Waals surface area (Å²) in [5.74, 6) is 0.468. The molecule has 0 N–H and O–H groups in total. The Bertz CT molecular complexity index is 842. The van der Waals surface area contributed by atoms with E-state index in [1.54, 1.807) is 6.07 Å². The molecule has 0 saturated carbocycles. The third kappa shape index (κ3) is 2.57. The Hall–Kier alpha value is -2.69. The summed E-state index contributed by atoms with van der Waals surface area (Å²) >= 11 is 0. The fraction of sp³-hybridized carbons (Fsp3) is 0.235. The molecule has 1 aromatic heterocycles. The Labute approximate surface area is 127 Å². The van der Waals surface area contributed by atoms with Crippen molar-refractivity contribution >= 4 is 16.8 Å². The molecular formula is C17H16N2O3. The van der Waals surface area contributed by atoms with Crippen molar-refractivity contribution in [3.63, 3.8) is 0 Å². The van der Waals surface area contributed by atoms with Crippen molar-refractivity contribution in [2.24, 2.45) is 0 Å². The summed E-state index contributed by atoms with van der Waals surface area (Å²) in [6.07, 6.45) is 0. The molecule has 5 nitrogen and oxygen atoms in total. The van der Waals surface area contributed by atoms with Crippen LogP contribution >= 0.6 is 0 Å². The number of oxazole rings is 1. The zero-order valence-electron chi connectivity index (χ0n) is 12.7. The molecule has 0 bridgehead atoms. The first-order chi connectivity index (χ1) is 10.3. The summed E-state index contributed by atoms with van der Waals surface area (Å²) in [7, 11) is 0. The average Bonchev–Trinajstić information content (AvgIpc) is 2.89. The minimum absolute atomic E-state index is 0.00966. The van der Waals surface area contributed by atoms with E-state index in [4.69, 9.17) is 4.42 Å². The van der Waals surface area contributed by atoms with Gasteiger partial charge in [-0.25, -0.2) is 4.98 Å². The molecule has 0 radical (unpaired) electrons. The Morgan fingerprint density at radius 2 is 1.77 bits per heavy atom. The van der Waals surface area contributed by atoms with Crippen LogP contribution in [0, 0.1) is 10.1 Å². The van der Waals surface area contributed by atoms with Crippen LogP contribution in [0.5, 0.6) is 0 Å². The van der Waals surface area contributed by atoms with Gasteiger partial charge in [-0.2, -0.15) is 0 Å². The number of benzene rings is 2. The number of nitro groups is 1. The van der Waals surface area contributed by atoms with Crippen LogP contribution in [0.15, 0.2) is 46.9 Å². The molecule has 0 spiro atoms. The second-order valence-electron chi connectivity index (χ2n) is 6.26. The number of fused-ring (bicyclic) bond motifs is 1. The molecule has 3 aromatic rings. The highest BCUT2D eigenvalue weighted by Gasteiger charge is 2.15. The number of rotatable bonds is 2. The van der Waals surface area contributed by atoms with Crippen LogP contribution in [0.4, 0.5) is 5.69 Å². The molecular weight excluding hydrogens is 280 g/mol. The van der Waals surface area contributed by atoms with Crippen LogP contribution in [0.2, 0.25) is 0 Å². The van der Waals surface area contributed by atoms with E-state index in [2.05, 4.69) is 25.8 Å². The average molecular weight is 296 g/mol. The summed E-state index contributed by atoms with van der Waals surface area (Å²) in [5, 5.41) is 10.8. The quantitative estimate of drug-likeness (QED) is 0.507. The highest BCUT2D eigenvalue weighted by molar-refractivity contribution is 5.78. The molecule has 0 unspecified atom stereocenters. The highest BCUT2D eigenvalue weighted by atomic mass is 16.6. The van der Waals surface area contributed by atoms with E-state index in [9.17, 15) is 10.1 Å². The summed E-state index contributed by atoms with van der Waals surface area (Å²) < 4.78 is 5.68. The van der Waals surface area contributed by atoms with Crippen molar-refractivity contribution in [2.45, 2.75) is 26.2 Å². The maximum Gasteiger partial charge on any atom is 0.271 e. The number of nitro benzene ring substituents is 1. The second-order valence-corrected chi connectivity index (χ2v) is 6.26. The molecule has 2 aromatic carbocycles. The summed E-state index contributed by atoms with van der Waals surface area (Å²) in [6.45, 7) is 6.46. The van der Waals surface area contributed by atoms with Crippen LogP contribution in [0.3, 0.4) is 0 Å². The van der Waals surface area contributed by atoms with Crippen molar-refractivity contribution in [1.29, 1.82) is 0 Å². The van der Waals surface area contributed by atoms with Gasteiger partial charge in [0.2, 0.25) is 5.89 Å². The Morgan fingerprint density at radius 3 is 2.36 bits per heavy atom. The van der Waals surface area contributed by atoms with E-state index in [0.717, 1.165) is 5.56 Å². The van der Waals surface area contributed by atoms with Gasteiger partial charge in [-0.05, 0) is 29.2 Å². The number of hydrogen-bond donors (Lipinski definition) is 0. The summed E-state index contributed by atoms with van der Waals surface area (Å²) in [6, 6.07) is 12.4. The van der Waals surface area contributed by atoms with Crippen molar-refractivity contribution in [1.82, 2.24) is 4.98 Å². The van der Waals surface area contributed by atoms with Crippen LogP contribution in [-0.2, 0) is 5.41 Å². The molecule has 5 heteroatoms. The molecule has 0 amide bonds. The van der Waals surface area contributed by atoms with Gasteiger partial charge in [0.1, 0.15) is 5.52 Å². The van der Waals surface area contributed by atoms with E-state index in [1.165, 1.54) is 17.7 Å². The first-order valence-corrected chi connectivity index (χ1v) is 7.00. The van der Waals surface area contributed by atoms with E-state index < -0.39 is 4.92 Å². The number of nitrogens with zero attached hydrogens (tertiary/aromatic N) is 2. The van der Waals surface area contributed by atoms with Crippen LogP contribution in [0.25, 0.3) is 22.6 Å². The molecule has 1 heterocycles. The van der Waals surface area contributed by atoms with Gasteiger partial charge in [0.15, 0.2) is 5.58 Å². The highest BCUT2D eigenvalue weighted by Crippen LogP contribution is 2.29. The third-order valence-corrected chi connectivity index (χ3v) is 3.58. The van der Waals surface area contributed by atoms with Gasteiger partial charge < -0.3 is 4.42 Å². The third-order valence-electron chi connectivity index (χ3n) is 3.58.